The highest BCUT2D eigenvalue weighted by atomic mass is 32.2. The van der Waals surface area contributed by atoms with Crippen LogP contribution in [0.25, 0.3) is 28.1 Å². The number of para-hydroxylation sites is 2. The lowest BCUT2D eigenvalue weighted by Crippen LogP contribution is -2.21. The molecule has 0 saturated heterocycles. The van der Waals surface area contributed by atoms with Gasteiger partial charge in [0.2, 0.25) is 5.16 Å². The molecular formula is C32H23N9O2S. The van der Waals surface area contributed by atoms with Crippen molar-refractivity contribution < 1.29 is 4.92 Å². The molecule has 3 aromatic heterocycles. The predicted octanol–water partition coefficient (Wildman–Crippen LogP) is 6.79. The maximum atomic E-state index is 12.5. The number of rotatable bonds is 9. The van der Waals surface area contributed by atoms with E-state index in [9.17, 15) is 10.1 Å². The molecule has 3 heterocycles. The van der Waals surface area contributed by atoms with Gasteiger partial charge >= 0.3 is 0 Å². The quantitative estimate of drug-likeness (QED) is 0.141. The van der Waals surface area contributed by atoms with Gasteiger partial charge in [0.25, 0.3) is 5.69 Å². The van der Waals surface area contributed by atoms with Crippen LogP contribution < -0.4 is 5.32 Å². The van der Waals surface area contributed by atoms with Gasteiger partial charge in [-0.15, -0.1) is 15.3 Å². The Morgan fingerprint density at radius 1 is 0.795 bits per heavy atom. The fraction of sp³-hybridized carbons (Fsp3) is 0.0312. The van der Waals surface area contributed by atoms with Gasteiger partial charge in [-0.2, -0.15) is 0 Å². The number of nitrogens with zero attached hydrogens (tertiary/aromatic N) is 8. The number of pyridine rings is 1. The van der Waals surface area contributed by atoms with Gasteiger partial charge in [-0.25, -0.2) is 9.67 Å². The fourth-order valence-electron chi connectivity index (χ4n) is 4.90. The summed E-state index contributed by atoms with van der Waals surface area (Å²) in [5.41, 5.74) is 3.73. The largest absolute Gasteiger partial charge is 0.345 e. The summed E-state index contributed by atoms with van der Waals surface area (Å²) < 4.78 is 3.61. The number of fused-ring (bicyclic) bond motifs is 1. The molecule has 12 heteroatoms. The summed E-state index contributed by atoms with van der Waals surface area (Å²) in [5.74, 6) is 1.22. The molecule has 0 spiro atoms. The first kappa shape index (κ1) is 27.0. The number of hydrogen-bond donors (Lipinski definition) is 1. The number of nitrogens with one attached hydrogen (secondary N) is 1. The summed E-state index contributed by atoms with van der Waals surface area (Å²) in [4.78, 5) is 16.9. The average molecular weight is 598 g/mol. The van der Waals surface area contributed by atoms with Crippen molar-refractivity contribution in [1.82, 2.24) is 34.7 Å². The molecule has 0 bridgehead atoms. The molecule has 0 radical (unpaired) electrons. The number of anilines is 1. The number of aromatic nitrogens is 7. The molecule has 4 aromatic carbocycles. The minimum atomic E-state index is -0.632. The Labute approximate surface area is 255 Å². The summed E-state index contributed by atoms with van der Waals surface area (Å²) >= 11 is 1.18. The SMILES string of the molecule is O=[N+]([O-])c1cc([C@H](Nc2ccccn2)n2nnc3ccccc32)ccc1Sc1nnc(-c2ccccc2)n1-c1ccccc1. The minimum absolute atomic E-state index is 0.0754. The lowest BCUT2D eigenvalue weighted by molar-refractivity contribution is -0.387. The predicted molar refractivity (Wildman–Crippen MR) is 168 cm³/mol. The monoisotopic (exact) mass is 597 g/mol. The molecule has 11 nitrogen and oxygen atoms in total. The summed E-state index contributed by atoms with van der Waals surface area (Å²) in [6.07, 6.45) is 1.04. The third-order valence-corrected chi connectivity index (χ3v) is 7.96. The van der Waals surface area contributed by atoms with E-state index >= 15 is 0 Å². The highest BCUT2D eigenvalue weighted by molar-refractivity contribution is 7.99. The van der Waals surface area contributed by atoms with Crippen molar-refractivity contribution in [1.29, 1.82) is 0 Å². The number of nitro benzene ring substituents is 1. The van der Waals surface area contributed by atoms with Crippen molar-refractivity contribution in [3.8, 4) is 17.1 Å². The van der Waals surface area contributed by atoms with Crippen molar-refractivity contribution in [3.05, 3.63) is 143 Å². The van der Waals surface area contributed by atoms with Gasteiger partial charge < -0.3 is 5.32 Å². The number of hydrogen-bond acceptors (Lipinski definition) is 9. The molecule has 0 amide bonds. The first-order chi connectivity index (χ1) is 21.7. The Morgan fingerprint density at radius 3 is 2.32 bits per heavy atom. The van der Waals surface area contributed by atoms with E-state index in [0.717, 1.165) is 16.8 Å². The standard InChI is InChI=1S/C32H23N9O2S/c42-41(43)27-21-23(30(34-29-17-9-10-20-33-29)40-26-16-8-7-15-25(26)35-38-40)18-19-28(27)44-32-37-36-31(22-11-3-1-4-12-22)39(32)24-13-5-2-6-14-24/h1-21,30H,(H,33,34)/t30-/m1/s1. The Hall–Kier alpha value is -5.88. The molecule has 0 unspecified atom stereocenters. The van der Waals surface area contributed by atoms with Gasteiger partial charge in [0, 0.05) is 29.1 Å². The normalized spacial score (nSPS) is 11.8. The van der Waals surface area contributed by atoms with Gasteiger partial charge in [-0.1, -0.05) is 78.0 Å². The Morgan fingerprint density at radius 2 is 1.55 bits per heavy atom. The Balaban J connectivity index is 1.31. The molecule has 0 aliphatic rings. The minimum Gasteiger partial charge on any atom is -0.345 e. The van der Waals surface area contributed by atoms with E-state index in [2.05, 4.69) is 30.8 Å². The van der Waals surface area contributed by atoms with Crippen molar-refractivity contribution in [3.63, 3.8) is 0 Å². The molecule has 1 N–H and O–H groups in total. The number of benzene rings is 4. The molecule has 1 atom stereocenters. The van der Waals surface area contributed by atoms with E-state index in [0.29, 0.717) is 32.8 Å². The summed E-state index contributed by atoms with van der Waals surface area (Å²) in [7, 11) is 0. The van der Waals surface area contributed by atoms with Crippen LogP contribution in [0.5, 0.6) is 0 Å². The second kappa shape index (κ2) is 11.8. The van der Waals surface area contributed by atoms with Gasteiger partial charge in [-0.3, -0.25) is 14.7 Å². The first-order valence-corrected chi connectivity index (χ1v) is 14.5. The fourth-order valence-corrected chi connectivity index (χ4v) is 5.84. The third kappa shape index (κ3) is 5.25. The molecule has 7 rings (SSSR count). The van der Waals surface area contributed by atoms with E-state index in [-0.39, 0.29) is 10.6 Å². The van der Waals surface area contributed by atoms with Crippen LogP contribution in [0, 0.1) is 10.1 Å². The molecule has 0 aliphatic carbocycles. The topological polar surface area (TPSA) is 129 Å². The van der Waals surface area contributed by atoms with Gasteiger partial charge in [0.1, 0.15) is 17.5 Å². The van der Waals surface area contributed by atoms with Crippen LogP contribution in [0.2, 0.25) is 0 Å². The number of nitro groups is 1. The van der Waals surface area contributed by atoms with Crippen LogP contribution in [0.1, 0.15) is 11.7 Å². The lowest BCUT2D eigenvalue weighted by Gasteiger charge is -2.21. The van der Waals surface area contributed by atoms with E-state index in [1.165, 1.54) is 11.8 Å². The van der Waals surface area contributed by atoms with E-state index in [1.807, 2.05) is 114 Å². The van der Waals surface area contributed by atoms with Gasteiger partial charge in [0.05, 0.1) is 15.3 Å². The molecule has 0 fully saturated rings. The molecule has 0 saturated carbocycles. The van der Waals surface area contributed by atoms with E-state index < -0.39 is 6.17 Å². The van der Waals surface area contributed by atoms with Crippen LogP contribution in [0.15, 0.2) is 138 Å². The highest BCUT2D eigenvalue weighted by Gasteiger charge is 2.25. The highest BCUT2D eigenvalue weighted by Crippen LogP contribution is 2.39. The average Bonchev–Trinajstić information content (AvgIpc) is 3.70. The summed E-state index contributed by atoms with van der Waals surface area (Å²) in [6.45, 7) is 0. The zero-order valence-electron chi connectivity index (χ0n) is 23.0. The Kier molecular flexibility index (Phi) is 7.22. The molecule has 7 aromatic rings. The van der Waals surface area contributed by atoms with Gasteiger partial charge in [-0.05, 0) is 54.2 Å². The van der Waals surface area contributed by atoms with Crippen LogP contribution in [-0.4, -0.2) is 39.7 Å². The summed E-state index contributed by atoms with van der Waals surface area (Å²) in [5, 5.41) is 34.0. The first-order valence-electron chi connectivity index (χ1n) is 13.7. The molecule has 44 heavy (non-hydrogen) atoms. The molecule has 214 valence electrons. The van der Waals surface area contributed by atoms with Crippen LogP contribution in [0.3, 0.4) is 0 Å². The zero-order valence-corrected chi connectivity index (χ0v) is 23.8. The van der Waals surface area contributed by atoms with Crippen molar-refractivity contribution in [2.45, 2.75) is 16.2 Å². The molecule has 0 aliphatic heterocycles. The van der Waals surface area contributed by atoms with Crippen LogP contribution >= 0.6 is 11.8 Å². The maximum absolute atomic E-state index is 12.5. The van der Waals surface area contributed by atoms with E-state index in [1.54, 1.807) is 23.0 Å². The van der Waals surface area contributed by atoms with Gasteiger partial charge in [0.15, 0.2) is 5.82 Å². The molecular weight excluding hydrogens is 574 g/mol. The van der Waals surface area contributed by atoms with Crippen LogP contribution in [0.4, 0.5) is 11.5 Å². The van der Waals surface area contributed by atoms with Crippen molar-refractivity contribution in [2.24, 2.45) is 0 Å². The maximum Gasteiger partial charge on any atom is 0.283 e. The van der Waals surface area contributed by atoms with E-state index in [4.69, 9.17) is 0 Å². The zero-order chi connectivity index (χ0) is 29.9. The second-order valence-electron chi connectivity index (χ2n) is 9.71. The smallest absolute Gasteiger partial charge is 0.283 e. The third-order valence-electron chi connectivity index (χ3n) is 6.95. The lowest BCUT2D eigenvalue weighted by atomic mass is 10.1. The van der Waals surface area contributed by atoms with Crippen molar-refractivity contribution in [2.75, 3.05) is 5.32 Å². The second-order valence-corrected chi connectivity index (χ2v) is 10.7. The van der Waals surface area contributed by atoms with Crippen LogP contribution in [-0.2, 0) is 0 Å². The van der Waals surface area contributed by atoms with Crippen molar-refractivity contribution >= 4 is 34.3 Å². The Bertz CT molecular complexity index is 2070. The summed E-state index contributed by atoms with van der Waals surface area (Å²) in [6, 6.07) is 37.6.